The first kappa shape index (κ1) is 34.8. The number of halogens is 1. The highest BCUT2D eigenvalue weighted by Crippen LogP contribution is 2.22. The Morgan fingerprint density at radius 2 is 1.44 bits per heavy atom. The van der Waals surface area contributed by atoms with E-state index in [-0.39, 0.29) is 57.7 Å². The van der Waals surface area contributed by atoms with Gasteiger partial charge in [0.1, 0.15) is 22.9 Å². The van der Waals surface area contributed by atoms with Crippen molar-refractivity contribution in [2.45, 2.75) is 6.42 Å². The summed E-state index contributed by atoms with van der Waals surface area (Å²) in [6.07, 6.45) is 6.31. The molecule has 48 heavy (non-hydrogen) atoms. The van der Waals surface area contributed by atoms with Gasteiger partial charge in [0.05, 0.1) is 21.5 Å². The number of hydrogen-bond acceptors (Lipinski definition) is 8. The Morgan fingerprint density at radius 1 is 0.854 bits per heavy atom. The first-order chi connectivity index (χ1) is 22.7. The standard InChI is InChI=1S/C29H33BrN12O6/c1-15(30)25(43)35-18-7-9-39(2)23(18)28(46)34-17-11-19(40(3)13-17)26(44)33-16-10-20(41(4)12-16)27(45)37-22-14-42(5)24(36-22)29(47)32-8-6-21(31)38-48/h7,9-14,48H,1,6,8H2,2-5H3,(H2,31,38)(H,32,47)(H,33,44)(H,34,46)(H,35,43)(H,37,45). The van der Waals surface area contributed by atoms with Gasteiger partial charge in [-0.1, -0.05) is 11.7 Å². The molecule has 0 atom stereocenters. The molecule has 0 fully saturated rings. The number of aromatic nitrogens is 5. The van der Waals surface area contributed by atoms with Gasteiger partial charge in [0.15, 0.2) is 5.82 Å². The van der Waals surface area contributed by atoms with Crippen LogP contribution >= 0.6 is 15.9 Å². The van der Waals surface area contributed by atoms with E-state index in [9.17, 15) is 24.0 Å². The van der Waals surface area contributed by atoms with E-state index in [2.05, 4.69) is 59.2 Å². The van der Waals surface area contributed by atoms with Gasteiger partial charge in [0, 0.05) is 65.9 Å². The number of nitrogens with two attached hydrogens (primary N) is 1. The smallest absolute Gasteiger partial charge is 0.287 e. The summed E-state index contributed by atoms with van der Waals surface area (Å²) in [7, 11) is 6.48. The van der Waals surface area contributed by atoms with E-state index in [1.165, 1.54) is 32.0 Å². The summed E-state index contributed by atoms with van der Waals surface area (Å²) in [6.45, 7) is 3.64. The van der Waals surface area contributed by atoms with Crippen LogP contribution in [-0.4, -0.2) is 70.4 Å². The lowest BCUT2D eigenvalue weighted by Crippen LogP contribution is -2.29. The summed E-state index contributed by atoms with van der Waals surface area (Å²) in [5.74, 6) is -2.49. The number of amides is 5. The molecule has 0 aliphatic rings. The van der Waals surface area contributed by atoms with Crippen LogP contribution in [-0.2, 0) is 33.0 Å². The summed E-state index contributed by atoms with van der Waals surface area (Å²) in [5.41, 5.74) is 6.92. The van der Waals surface area contributed by atoms with Gasteiger partial charge < -0.3 is 55.8 Å². The highest BCUT2D eigenvalue weighted by Gasteiger charge is 2.22. The molecule has 4 heterocycles. The number of oxime groups is 1. The molecular weight excluding hydrogens is 692 g/mol. The molecule has 5 amide bonds. The topological polar surface area (TPSA) is 237 Å². The van der Waals surface area contributed by atoms with Crippen molar-refractivity contribution in [1.82, 2.24) is 28.6 Å². The number of hydrogen-bond donors (Lipinski definition) is 7. The highest BCUT2D eigenvalue weighted by atomic mass is 79.9. The number of imidazole rings is 1. The molecule has 0 aromatic carbocycles. The summed E-state index contributed by atoms with van der Waals surface area (Å²) >= 11 is 3.01. The van der Waals surface area contributed by atoms with Gasteiger partial charge in [0.2, 0.25) is 5.82 Å². The van der Waals surface area contributed by atoms with Gasteiger partial charge in [0.25, 0.3) is 29.5 Å². The Balaban J connectivity index is 1.40. The molecule has 0 spiro atoms. The van der Waals surface area contributed by atoms with Gasteiger partial charge in [-0.3, -0.25) is 24.0 Å². The van der Waals surface area contributed by atoms with Crippen molar-refractivity contribution in [2.24, 2.45) is 39.1 Å². The highest BCUT2D eigenvalue weighted by molar-refractivity contribution is 9.12. The van der Waals surface area contributed by atoms with E-state index < -0.39 is 29.5 Å². The van der Waals surface area contributed by atoms with E-state index in [0.29, 0.717) is 11.4 Å². The van der Waals surface area contributed by atoms with Crippen molar-refractivity contribution in [3.05, 3.63) is 77.0 Å². The molecule has 19 heteroatoms. The van der Waals surface area contributed by atoms with Crippen LogP contribution < -0.4 is 32.3 Å². The Labute approximate surface area is 281 Å². The minimum atomic E-state index is -0.546. The lowest BCUT2D eigenvalue weighted by atomic mass is 10.3. The maximum Gasteiger partial charge on any atom is 0.287 e. The third-order valence-corrected chi connectivity index (χ3v) is 7.25. The molecule has 4 aromatic heterocycles. The molecule has 4 aromatic rings. The fourth-order valence-corrected chi connectivity index (χ4v) is 4.66. The van der Waals surface area contributed by atoms with Crippen molar-refractivity contribution in [3.8, 4) is 0 Å². The number of carbonyl (C=O) groups excluding carboxylic acids is 5. The molecule has 0 saturated carbocycles. The van der Waals surface area contributed by atoms with E-state index in [1.807, 2.05) is 0 Å². The van der Waals surface area contributed by atoms with Crippen LogP contribution in [0.5, 0.6) is 0 Å². The van der Waals surface area contributed by atoms with Crippen molar-refractivity contribution >= 4 is 74.2 Å². The minimum absolute atomic E-state index is 0.0274. The van der Waals surface area contributed by atoms with Crippen LogP contribution in [0.15, 0.2) is 59.2 Å². The molecule has 4 rings (SSSR count). The monoisotopic (exact) mass is 724 g/mol. The van der Waals surface area contributed by atoms with E-state index >= 15 is 0 Å². The molecule has 0 saturated heterocycles. The summed E-state index contributed by atoms with van der Waals surface area (Å²) < 4.78 is 6.10. The molecule has 0 unspecified atom stereocenters. The molecular formula is C29H33BrN12O6. The first-order valence-corrected chi connectivity index (χ1v) is 14.8. The van der Waals surface area contributed by atoms with Crippen LogP contribution in [0.4, 0.5) is 22.9 Å². The summed E-state index contributed by atoms with van der Waals surface area (Å²) in [5, 5.41) is 24.8. The van der Waals surface area contributed by atoms with Crippen LogP contribution in [0, 0.1) is 0 Å². The predicted octanol–water partition coefficient (Wildman–Crippen LogP) is 1.91. The Hall–Kier alpha value is -6.11. The maximum absolute atomic E-state index is 13.2. The van der Waals surface area contributed by atoms with Gasteiger partial charge in [-0.2, -0.15) is 0 Å². The molecule has 0 radical (unpaired) electrons. The minimum Gasteiger partial charge on any atom is -0.409 e. The second kappa shape index (κ2) is 14.5. The second-order valence-electron chi connectivity index (χ2n) is 10.5. The van der Waals surface area contributed by atoms with Crippen molar-refractivity contribution < 1.29 is 29.2 Å². The zero-order valence-corrected chi connectivity index (χ0v) is 27.9. The molecule has 0 aliphatic heterocycles. The molecule has 18 nitrogen and oxygen atoms in total. The van der Waals surface area contributed by atoms with Gasteiger partial charge in [-0.05, 0) is 34.1 Å². The largest absolute Gasteiger partial charge is 0.409 e. The van der Waals surface area contributed by atoms with Gasteiger partial charge in [-0.25, -0.2) is 4.98 Å². The average molecular weight is 726 g/mol. The Morgan fingerprint density at radius 3 is 2.02 bits per heavy atom. The number of nitrogens with one attached hydrogen (secondary N) is 5. The Bertz CT molecular complexity index is 1960. The van der Waals surface area contributed by atoms with E-state index in [1.54, 1.807) is 57.4 Å². The van der Waals surface area contributed by atoms with Crippen molar-refractivity contribution in [1.29, 1.82) is 0 Å². The third kappa shape index (κ3) is 7.99. The maximum atomic E-state index is 13.2. The van der Waals surface area contributed by atoms with Crippen LogP contribution in [0.3, 0.4) is 0 Å². The van der Waals surface area contributed by atoms with Gasteiger partial charge >= 0.3 is 0 Å². The van der Waals surface area contributed by atoms with E-state index in [0.717, 1.165) is 0 Å². The van der Waals surface area contributed by atoms with Crippen LogP contribution in [0.2, 0.25) is 0 Å². The van der Waals surface area contributed by atoms with Crippen molar-refractivity contribution in [3.63, 3.8) is 0 Å². The molecule has 0 aliphatic carbocycles. The molecule has 0 bridgehead atoms. The summed E-state index contributed by atoms with van der Waals surface area (Å²) in [6, 6.07) is 4.52. The lowest BCUT2D eigenvalue weighted by molar-refractivity contribution is -0.112. The fourth-order valence-electron chi connectivity index (χ4n) is 4.56. The van der Waals surface area contributed by atoms with E-state index in [4.69, 9.17) is 10.9 Å². The zero-order valence-electron chi connectivity index (χ0n) is 26.3. The lowest BCUT2D eigenvalue weighted by Gasteiger charge is -2.09. The SMILES string of the molecule is C=C(Br)C(=O)Nc1ccn(C)c1C(=O)Nc1cc(C(=O)Nc2cc(C(=O)Nc3cn(C)c(C(=O)NCCC(N)=NO)n3)n(C)c2)n(C)c1. The number of anilines is 4. The number of carbonyl (C=O) groups is 5. The fraction of sp³-hybridized carbons (Fsp3) is 0.207. The summed E-state index contributed by atoms with van der Waals surface area (Å²) in [4.78, 5) is 68.0. The number of rotatable bonds is 12. The first-order valence-electron chi connectivity index (χ1n) is 14.0. The molecule has 8 N–H and O–H groups in total. The third-order valence-electron chi connectivity index (χ3n) is 6.89. The Kier molecular flexibility index (Phi) is 10.5. The van der Waals surface area contributed by atoms with Crippen LogP contribution in [0.25, 0.3) is 0 Å². The quantitative estimate of drug-likeness (QED) is 0.0374. The predicted molar refractivity (Wildman–Crippen MR) is 180 cm³/mol. The number of amidine groups is 1. The zero-order chi connectivity index (χ0) is 35.3. The number of aryl methyl sites for hydroxylation is 4. The average Bonchev–Trinajstić information content (AvgIpc) is 3.78. The second-order valence-corrected chi connectivity index (χ2v) is 11.5. The van der Waals surface area contributed by atoms with Crippen LogP contribution in [0.1, 0.15) is 48.5 Å². The normalized spacial score (nSPS) is 11.1. The van der Waals surface area contributed by atoms with Gasteiger partial charge in [-0.15, -0.1) is 0 Å². The van der Waals surface area contributed by atoms with Crippen molar-refractivity contribution in [2.75, 3.05) is 27.8 Å². The molecule has 252 valence electrons. The number of nitrogens with zero attached hydrogens (tertiary/aromatic N) is 6.